The fourth-order valence-corrected chi connectivity index (χ4v) is 4.50. The van der Waals surface area contributed by atoms with Crippen molar-refractivity contribution in [2.45, 2.75) is 5.38 Å². The molecule has 1 heterocycles. The maximum absolute atomic E-state index is 6.57. The lowest BCUT2D eigenvalue weighted by atomic mass is 10.0. The molecule has 0 spiro atoms. The Labute approximate surface area is 148 Å². The van der Waals surface area contributed by atoms with Crippen molar-refractivity contribution >= 4 is 77.2 Å². The molecule has 0 aliphatic rings. The molecule has 0 bridgehead atoms. The van der Waals surface area contributed by atoms with E-state index in [-0.39, 0.29) is 5.38 Å². The van der Waals surface area contributed by atoms with E-state index in [0.717, 1.165) is 23.7 Å². The van der Waals surface area contributed by atoms with Crippen molar-refractivity contribution in [3.63, 3.8) is 0 Å². The Morgan fingerprint density at radius 1 is 0.950 bits per heavy atom. The molecule has 0 fully saturated rings. The van der Waals surface area contributed by atoms with E-state index in [1.54, 1.807) is 0 Å². The smallest absolute Gasteiger partial charge is 0.107 e. The van der Waals surface area contributed by atoms with Crippen LogP contribution in [0.1, 0.15) is 15.8 Å². The van der Waals surface area contributed by atoms with Gasteiger partial charge in [-0.2, -0.15) is 0 Å². The van der Waals surface area contributed by atoms with Crippen molar-refractivity contribution in [3.05, 3.63) is 66.2 Å². The van der Waals surface area contributed by atoms with Crippen molar-refractivity contribution in [3.8, 4) is 0 Å². The van der Waals surface area contributed by atoms with Crippen molar-refractivity contribution < 1.29 is 0 Å². The Hall–Kier alpha value is -0.0600. The number of fused-ring (bicyclic) bond motifs is 1. The van der Waals surface area contributed by atoms with Crippen LogP contribution in [0.5, 0.6) is 0 Å². The number of thiophene rings is 1. The molecule has 0 N–H and O–H groups in total. The summed E-state index contributed by atoms with van der Waals surface area (Å²) in [6, 6.07) is 14.5. The van der Waals surface area contributed by atoms with Gasteiger partial charge in [-0.25, -0.2) is 0 Å². The Balaban J connectivity index is 2.03. The Morgan fingerprint density at radius 3 is 2.35 bits per heavy atom. The summed E-state index contributed by atoms with van der Waals surface area (Å²) in [7, 11) is 0. The van der Waals surface area contributed by atoms with Crippen LogP contribution in [-0.4, -0.2) is 0 Å². The molecule has 20 heavy (non-hydrogen) atoms. The van der Waals surface area contributed by atoms with Crippen molar-refractivity contribution in [1.29, 1.82) is 0 Å². The molecule has 0 saturated heterocycles. The lowest BCUT2D eigenvalue weighted by molar-refractivity contribution is 1.19. The van der Waals surface area contributed by atoms with Crippen LogP contribution in [0.2, 0.25) is 4.34 Å². The van der Waals surface area contributed by atoms with Crippen LogP contribution in [0, 0.1) is 0 Å². The summed E-state index contributed by atoms with van der Waals surface area (Å²) in [5, 5.41) is 2.19. The second kappa shape index (κ2) is 5.98. The first-order valence-electron chi connectivity index (χ1n) is 5.82. The molecule has 0 aliphatic carbocycles. The standard InChI is InChI=1S/C15H8Br2Cl2S/c16-11-4-3-8-5-10(2-1-9(8)6-11)14(18)13-7-12(17)15(19)20-13/h1-7,14H. The molecule has 3 rings (SSSR count). The average molecular weight is 451 g/mol. The molecule has 1 aromatic heterocycles. The highest BCUT2D eigenvalue weighted by Gasteiger charge is 2.16. The molecule has 3 aromatic rings. The maximum atomic E-state index is 6.57. The molecule has 2 aromatic carbocycles. The van der Waals surface area contributed by atoms with Gasteiger partial charge in [-0.1, -0.05) is 45.7 Å². The lowest BCUT2D eigenvalue weighted by Gasteiger charge is -2.09. The highest BCUT2D eigenvalue weighted by atomic mass is 79.9. The summed E-state index contributed by atoms with van der Waals surface area (Å²) < 4.78 is 2.71. The highest BCUT2D eigenvalue weighted by Crippen LogP contribution is 2.40. The molecule has 0 nitrogen and oxygen atoms in total. The third-order valence-corrected chi connectivity index (χ3v) is 6.68. The van der Waals surface area contributed by atoms with Gasteiger partial charge in [0.15, 0.2) is 0 Å². The highest BCUT2D eigenvalue weighted by molar-refractivity contribution is 9.10. The summed E-state index contributed by atoms with van der Waals surface area (Å²) in [6.07, 6.45) is 0. The molecule has 1 atom stereocenters. The second-order valence-electron chi connectivity index (χ2n) is 4.38. The minimum Gasteiger partial charge on any atom is -0.125 e. The third kappa shape index (κ3) is 2.93. The van der Waals surface area contributed by atoms with Gasteiger partial charge in [0.25, 0.3) is 0 Å². The summed E-state index contributed by atoms with van der Waals surface area (Å²) in [6.45, 7) is 0. The van der Waals surface area contributed by atoms with Crippen LogP contribution in [0.3, 0.4) is 0 Å². The summed E-state index contributed by atoms with van der Waals surface area (Å²) in [5.41, 5.74) is 1.08. The molecule has 0 radical (unpaired) electrons. The number of hydrogen-bond donors (Lipinski definition) is 0. The molecule has 5 heteroatoms. The van der Waals surface area contributed by atoms with Gasteiger partial charge >= 0.3 is 0 Å². The minimum atomic E-state index is -0.183. The number of benzene rings is 2. The van der Waals surface area contributed by atoms with Gasteiger partial charge in [0.2, 0.25) is 0 Å². The second-order valence-corrected chi connectivity index (χ2v) is 8.28. The number of hydrogen-bond acceptors (Lipinski definition) is 1. The van der Waals surface area contributed by atoms with Crippen LogP contribution < -0.4 is 0 Å². The van der Waals surface area contributed by atoms with E-state index in [4.69, 9.17) is 23.2 Å². The maximum Gasteiger partial charge on any atom is 0.107 e. The Morgan fingerprint density at radius 2 is 1.65 bits per heavy atom. The van der Waals surface area contributed by atoms with Gasteiger partial charge in [-0.15, -0.1) is 22.9 Å². The minimum absolute atomic E-state index is 0.183. The number of alkyl halides is 1. The van der Waals surface area contributed by atoms with Crippen LogP contribution in [-0.2, 0) is 0 Å². The van der Waals surface area contributed by atoms with Gasteiger partial charge in [0, 0.05) is 13.8 Å². The van der Waals surface area contributed by atoms with E-state index in [1.165, 1.54) is 22.1 Å². The number of halogens is 4. The Bertz CT molecular complexity index is 763. The zero-order chi connectivity index (χ0) is 14.3. The molecule has 102 valence electrons. The monoisotopic (exact) mass is 448 g/mol. The predicted molar refractivity (Wildman–Crippen MR) is 96.4 cm³/mol. The van der Waals surface area contributed by atoms with Crippen LogP contribution in [0.15, 0.2) is 51.4 Å². The lowest BCUT2D eigenvalue weighted by Crippen LogP contribution is -1.90. The zero-order valence-corrected chi connectivity index (χ0v) is 15.5. The van der Waals surface area contributed by atoms with Gasteiger partial charge < -0.3 is 0 Å². The van der Waals surface area contributed by atoms with Crippen LogP contribution in [0.25, 0.3) is 10.8 Å². The fourth-order valence-electron chi connectivity index (χ4n) is 2.05. The summed E-state index contributed by atoms with van der Waals surface area (Å²) >= 11 is 21.1. The van der Waals surface area contributed by atoms with Gasteiger partial charge in [-0.3, -0.25) is 0 Å². The van der Waals surface area contributed by atoms with Gasteiger partial charge in [0.05, 0.1) is 5.38 Å². The van der Waals surface area contributed by atoms with Gasteiger partial charge in [-0.05, 0) is 56.5 Å². The first-order valence-corrected chi connectivity index (χ1v) is 9.04. The first kappa shape index (κ1) is 14.9. The van der Waals surface area contributed by atoms with Crippen LogP contribution >= 0.6 is 66.4 Å². The average Bonchev–Trinajstić information content (AvgIpc) is 2.77. The summed E-state index contributed by atoms with van der Waals surface area (Å²) in [4.78, 5) is 1.04. The van der Waals surface area contributed by atoms with E-state index < -0.39 is 0 Å². The molecular weight excluding hydrogens is 443 g/mol. The van der Waals surface area contributed by atoms with Gasteiger partial charge in [0.1, 0.15) is 4.34 Å². The Kier molecular flexibility index (Phi) is 4.44. The SMILES string of the molecule is Clc1sc(C(Cl)c2ccc3cc(Br)ccc3c2)cc1Br. The molecule has 0 saturated carbocycles. The van der Waals surface area contributed by atoms with E-state index >= 15 is 0 Å². The molecule has 0 aliphatic heterocycles. The molecular formula is C15H8Br2Cl2S. The fraction of sp³-hybridized carbons (Fsp3) is 0.0667. The number of rotatable bonds is 2. The quantitative estimate of drug-likeness (QED) is 0.356. The van der Waals surface area contributed by atoms with Crippen molar-refractivity contribution in [2.75, 3.05) is 0 Å². The molecule has 0 amide bonds. The predicted octanol–water partition coefficient (Wildman–Crippen LogP) is 7.41. The van der Waals surface area contributed by atoms with E-state index in [1.807, 2.05) is 12.1 Å². The van der Waals surface area contributed by atoms with E-state index in [2.05, 4.69) is 62.2 Å². The molecule has 1 unspecified atom stereocenters. The van der Waals surface area contributed by atoms with E-state index in [0.29, 0.717) is 0 Å². The van der Waals surface area contributed by atoms with Crippen molar-refractivity contribution in [2.24, 2.45) is 0 Å². The topological polar surface area (TPSA) is 0 Å². The van der Waals surface area contributed by atoms with Crippen molar-refractivity contribution in [1.82, 2.24) is 0 Å². The summed E-state index contributed by atoms with van der Waals surface area (Å²) in [5.74, 6) is 0. The van der Waals surface area contributed by atoms with E-state index in [9.17, 15) is 0 Å². The third-order valence-electron chi connectivity index (χ3n) is 3.03. The van der Waals surface area contributed by atoms with Crippen LogP contribution in [0.4, 0.5) is 0 Å². The zero-order valence-electron chi connectivity index (χ0n) is 10.0. The first-order chi connectivity index (χ1) is 9.54. The largest absolute Gasteiger partial charge is 0.125 e. The normalized spacial score (nSPS) is 12.8.